The van der Waals surface area contributed by atoms with Crippen molar-refractivity contribution in [2.75, 3.05) is 11.5 Å². The van der Waals surface area contributed by atoms with E-state index in [0.29, 0.717) is 24.7 Å². The second-order valence-corrected chi connectivity index (χ2v) is 52.0. The molecule has 2 atom stereocenters. The molecule has 706 valence electrons. The van der Waals surface area contributed by atoms with Crippen LogP contribution in [0.2, 0.25) is 0 Å². The predicted molar refractivity (Wildman–Crippen MR) is 588 cm³/mol. The summed E-state index contributed by atoms with van der Waals surface area (Å²) < 4.78 is 58.5. The summed E-state index contributed by atoms with van der Waals surface area (Å²) in [4.78, 5) is 22.6. The van der Waals surface area contributed by atoms with Crippen molar-refractivity contribution in [1.29, 1.82) is 10.5 Å². The van der Waals surface area contributed by atoms with Crippen molar-refractivity contribution in [1.82, 2.24) is 0 Å². The summed E-state index contributed by atoms with van der Waals surface area (Å²) in [5.74, 6) is 1.31. The minimum Gasteiger partial charge on any atom is -0.223 e. The highest BCUT2D eigenvalue weighted by Gasteiger charge is 2.30. The van der Waals surface area contributed by atoms with Crippen LogP contribution in [0.25, 0.3) is 112 Å². The number of fused-ring (bicyclic) bond motifs is 2. The molecule has 10 heterocycles. The molecule has 0 bridgehead atoms. The second-order valence-electron chi connectivity index (χ2n) is 37.0. The van der Waals surface area contributed by atoms with Gasteiger partial charge in [-0.3, -0.25) is 0 Å². The first-order valence-corrected chi connectivity index (χ1v) is 62.6. The monoisotopic (exact) mass is 1970 g/mol. The molecule has 0 aliphatic carbocycles. The van der Waals surface area contributed by atoms with Gasteiger partial charge in [-0.1, -0.05) is 313 Å². The third kappa shape index (κ3) is 30.5. The van der Waals surface area contributed by atoms with Crippen molar-refractivity contribution >= 4 is 165 Å². The van der Waals surface area contributed by atoms with Gasteiger partial charge in [-0.25, -0.2) is 16.8 Å². The first-order valence-electron chi connectivity index (χ1n) is 51.1. The van der Waals surface area contributed by atoms with Crippen molar-refractivity contribution in [3.63, 3.8) is 0 Å². The number of sulfone groups is 2. The van der Waals surface area contributed by atoms with Gasteiger partial charge in [0.1, 0.15) is 21.9 Å². The molecule has 1 aromatic carbocycles. The minimum atomic E-state index is -3.74. The number of benzene rings is 1. The van der Waals surface area contributed by atoms with E-state index in [2.05, 4.69) is 166 Å². The molecule has 0 aliphatic rings. The zero-order chi connectivity index (χ0) is 92.0. The smallest absolute Gasteiger partial charge is 0.188 e. The lowest BCUT2D eigenvalue weighted by Crippen LogP contribution is -2.08. The summed E-state index contributed by atoms with van der Waals surface area (Å²) in [5.41, 5.74) is 8.13. The molecular weight excluding hydrogens is 1820 g/mol. The molecule has 10 aromatic heterocycles. The normalized spacial score (nSPS) is 12.9. The van der Waals surface area contributed by atoms with Gasteiger partial charge in [-0.15, -0.1) is 113 Å². The van der Waals surface area contributed by atoms with E-state index in [1.54, 1.807) is 34.8 Å². The van der Waals surface area contributed by atoms with E-state index in [9.17, 15) is 27.4 Å². The SMILES string of the molecule is CCCCCCCCc1cc(/C=C(/C#N)S(=O)(=O)CCCCCCCC)sc1-c1ccc(-c2sc(-c3cc4c(-c5ccc(CC(CC)CCCC)s5)c5sc(-c6cc(CCCCCCCC)c(-c7ccc(-c8sc(/C=C(\C#N)S(=O)(=O)CCCCCCCC)cc8CCCCCCCC)s7)s6)cc5c(-c5ccc(CC(CC)CCCC)s5)c4s3)cc2CCCCCCCC)s1. The van der Waals surface area contributed by atoms with Crippen molar-refractivity contribution in [3.8, 4) is 91.5 Å². The Morgan fingerprint density at radius 3 is 0.877 bits per heavy atom. The fraction of sp³-hybridized carbons (Fsp3) is 0.571. The molecule has 0 spiro atoms. The number of rotatable bonds is 66. The molecule has 11 rings (SSSR count). The molecular formula is C112H152N2O4S12. The summed E-state index contributed by atoms with van der Waals surface area (Å²) in [7, 11) is -7.49. The first kappa shape index (κ1) is 106. The van der Waals surface area contributed by atoms with Gasteiger partial charge in [0.15, 0.2) is 19.7 Å². The highest BCUT2D eigenvalue weighted by molar-refractivity contribution is 7.96. The lowest BCUT2D eigenvalue weighted by Gasteiger charge is -2.13. The van der Waals surface area contributed by atoms with Gasteiger partial charge in [0.2, 0.25) is 0 Å². The van der Waals surface area contributed by atoms with Crippen molar-refractivity contribution in [3.05, 3.63) is 137 Å². The lowest BCUT2D eigenvalue weighted by atomic mass is 9.95. The molecule has 6 nitrogen and oxygen atoms in total. The molecule has 2 unspecified atom stereocenters. The van der Waals surface area contributed by atoms with Crippen molar-refractivity contribution in [2.45, 2.75) is 390 Å². The third-order valence-electron chi connectivity index (χ3n) is 26.4. The Labute approximate surface area is 826 Å². The Hall–Kier alpha value is -4.90. The molecule has 130 heavy (non-hydrogen) atoms. The summed E-state index contributed by atoms with van der Waals surface area (Å²) >= 11 is 19.2. The van der Waals surface area contributed by atoms with Crippen LogP contribution in [-0.4, -0.2) is 28.3 Å². The molecule has 18 heteroatoms. The van der Waals surface area contributed by atoms with Crippen LogP contribution in [0.15, 0.2) is 94.7 Å². The van der Waals surface area contributed by atoms with E-state index in [1.807, 2.05) is 90.7 Å². The van der Waals surface area contributed by atoms with Gasteiger partial charge in [0.25, 0.3) is 0 Å². The van der Waals surface area contributed by atoms with Crippen LogP contribution in [0.5, 0.6) is 0 Å². The van der Waals surface area contributed by atoms with Crippen LogP contribution in [0.1, 0.15) is 394 Å². The average Bonchev–Trinajstić information content (AvgIpc) is 1.55. The zero-order valence-corrected chi connectivity index (χ0v) is 90.4. The van der Waals surface area contributed by atoms with E-state index in [0.717, 1.165) is 151 Å². The van der Waals surface area contributed by atoms with E-state index >= 15 is 0 Å². The fourth-order valence-electron chi connectivity index (χ4n) is 18.5. The molecule has 0 saturated carbocycles. The number of allylic oxidation sites excluding steroid dienone is 2. The number of nitrogens with zero attached hydrogens (tertiary/aromatic N) is 2. The van der Waals surface area contributed by atoms with Crippen molar-refractivity contribution in [2.24, 2.45) is 11.8 Å². The largest absolute Gasteiger partial charge is 0.223 e. The Kier molecular flexibility index (Phi) is 45.5. The summed E-state index contributed by atoms with van der Waals surface area (Å²) in [6.07, 6.45) is 60.1. The third-order valence-corrected chi connectivity index (χ3v) is 42.2. The average molecular weight is 1980 g/mol. The van der Waals surface area contributed by atoms with E-state index in [-0.39, 0.29) is 21.3 Å². The highest BCUT2D eigenvalue weighted by atomic mass is 32.2. The lowest BCUT2D eigenvalue weighted by molar-refractivity contribution is 0.452. The zero-order valence-electron chi connectivity index (χ0n) is 80.6. The van der Waals surface area contributed by atoms with Gasteiger partial charge in [0, 0.05) is 119 Å². The Balaban J connectivity index is 1.06. The van der Waals surface area contributed by atoms with Crippen LogP contribution in [0, 0.1) is 34.5 Å². The van der Waals surface area contributed by atoms with Crippen LogP contribution in [0.4, 0.5) is 0 Å². The van der Waals surface area contributed by atoms with Crippen LogP contribution < -0.4 is 0 Å². The number of hydrogen-bond acceptors (Lipinski definition) is 16. The maximum absolute atomic E-state index is 13.9. The number of aryl methyl sites for hydroxylation is 4. The molecule has 0 amide bonds. The quantitative estimate of drug-likeness (QED) is 0.0277. The maximum atomic E-state index is 13.9. The van der Waals surface area contributed by atoms with Crippen LogP contribution >= 0.6 is 113 Å². The summed E-state index contributed by atoms with van der Waals surface area (Å²) in [5, 5.41) is 23.8. The molecule has 0 radical (unpaired) electrons. The molecule has 0 saturated heterocycles. The highest BCUT2D eigenvalue weighted by Crippen LogP contribution is 2.58. The van der Waals surface area contributed by atoms with E-state index < -0.39 is 19.7 Å². The van der Waals surface area contributed by atoms with Gasteiger partial charge < -0.3 is 0 Å². The van der Waals surface area contributed by atoms with E-state index in [4.69, 9.17) is 0 Å². The Morgan fingerprint density at radius 2 is 0.569 bits per heavy atom. The standard InChI is InChI=1S/C112H152N2O4S12/c1-11-21-29-35-41-47-55-83-71-89(75-91(79-113)129(115,116)67-51-45-39-33-25-15-5)121-107(83)97-63-65-99(123-97)109-85(57-49-43-37-31-23-13-3)73-101(125-109)103-77-93-105(95-61-59-87(119-95)69-81(19-9)53-27-17-7)112-94(106(111(93)127-103)96-62-60-88(120-96)70-82(20-10)54-28-18-8)78-104(128-112)102-74-86(58-50-44-38-32-24-14-4)110(126-102)100-66-64-98(124-100)108-84(56-48-42-36-30-22-12-2)72-90(122-108)76-92(80-114)130(117,118)68-52-46-40-34-26-16-6/h59-66,71-78,81-82H,11-58,67-70H2,1-10H3/b91-75-,92-76+. The number of hydrogen-bond donors (Lipinski definition) is 0. The van der Waals surface area contributed by atoms with Crippen LogP contribution in [0.3, 0.4) is 0 Å². The van der Waals surface area contributed by atoms with Gasteiger partial charge in [-0.05, 0) is 208 Å². The van der Waals surface area contributed by atoms with Gasteiger partial charge in [0.05, 0.1) is 11.5 Å². The molecule has 0 N–H and O–H groups in total. The first-order chi connectivity index (χ1) is 63.4. The predicted octanol–water partition coefficient (Wildman–Crippen LogP) is 40.4. The maximum Gasteiger partial charge on any atom is 0.188 e. The minimum absolute atomic E-state index is 0.00923. The molecule has 0 aliphatic heterocycles. The number of unbranched alkanes of at least 4 members (excludes halogenated alkanes) is 32. The summed E-state index contributed by atoms with van der Waals surface area (Å²) in [6, 6.07) is 38.6. The fourth-order valence-corrected chi connectivity index (χ4v) is 33.6. The summed E-state index contributed by atoms with van der Waals surface area (Å²) in [6.45, 7) is 23.0. The van der Waals surface area contributed by atoms with Crippen LogP contribution in [-0.2, 0) is 58.2 Å². The van der Waals surface area contributed by atoms with Gasteiger partial charge in [-0.2, -0.15) is 10.5 Å². The topological polar surface area (TPSA) is 116 Å². The Bertz CT molecular complexity index is 5230. The number of thiophene rings is 10. The van der Waals surface area contributed by atoms with E-state index in [1.165, 1.54) is 299 Å². The van der Waals surface area contributed by atoms with Gasteiger partial charge >= 0.3 is 0 Å². The molecule has 11 aromatic rings. The molecule has 0 fully saturated rings. The second kappa shape index (κ2) is 56.1. The Morgan fingerprint density at radius 1 is 0.292 bits per heavy atom. The number of nitriles is 2. The van der Waals surface area contributed by atoms with Crippen molar-refractivity contribution < 1.29 is 16.8 Å².